The summed E-state index contributed by atoms with van der Waals surface area (Å²) in [5, 5.41) is 3.47. The molecule has 1 saturated heterocycles. The van der Waals surface area contributed by atoms with Gasteiger partial charge < -0.3 is 9.64 Å². The van der Waals surface area contributed by atoms with Gasteiger partial charge in [-0.1, -0.05) is 0 Å². The average molecular weight is 442 g/mol. The maximum absolute atomic E-state index is 12.8. The molecular weight excluding hydrogens is 418 g/mol. The van der Waals surface area contributed by atoms with Crippen LogP contribution >= 0.6 is 0 Å². The fourth-order valence-electron chi connectivity index (χ4n) is 3.36. The van der Waals surface area contributed by atoms with Gasteiger partial charge in [0.2, 0.25) is 0 Å². The Kier molecular flexibility index (Phi) is 5.99. The quantitative estimate of drug-likeness (QED) is 0.667. The van der Waals surface area contributed by atoms with E-state index >= 15 is 0 Å². The summed E-state index contributed by atoms with van der Waals surface area (Å²) in [7, 11) is -0.836. The first-order valence-electron chi connectivity index (χ1n) is 9.95. The Morgan fingerprint density at radius 1 is 1.16 bits per heavy atom. The summed E-state index contributed by atoms with van der Waals surface area (Å²) in [5.41, 5.74) is 2.38. The van der Waals surface area contributed by atoms with Crippen molar-refractivity contribution < 1.29 is 18.5 Å². The summed E-state index contributed by atoms with van der Waals surface area (Å²) in [6.45, 7) is 4.54. The summed E-state index contributed by atoms with van der Waals surface area (Å²) in [5.74, 6) is 0.926. The number of pyridine rings is 2. The number of aromatic nitrogens is 3. The minimum Gasteiger partial charge on any atom is -0.447 e. The van der Waals surface area contributed by atoms with Crippen LogP contribution in [0.4, 0.5) is 10.5 Å². The monoisotopic (exact) mass is 441 g/mol. The molecule has 0 atom stereocenters. The first-order chi connectivity index (χ1) is 14.9. The summed E-state index contributed by atoms with van der Waals surface area (Å²) in [6.07, 6.45) is 5.82. The van der Waals surface area contributed by atoms with E-state index in [9.17, 15) is 13.8 Å². The summed E-state index contributed by atoms with van der Waals surface area (Å²) in [4.78, 5) is 35.0. The number of hydrogen-bond donors (Lipinski definition) is 1. The van der Waals surface area contributed by atoms with Crippen LogP contribution in [0.1, 0.15) is 24.2 Å². The van der Waals surface area contributed by atoms with Gasteiger partial charge in [0.05, 0.1) is 35.4 Å². The van der Waals surface area contributed by atoms with Gasteiger partial charge in [-0.05, 0) is 32.0 Å². The molecular formula is C21H23N5O4S. The maximum atomic E-state index is 12.8. The Labute approximate surface area is 181 Å². The molecule has 0 aromatic carbocycles. The first-order valence-corrected chi connectivity index (χ1v) is 11.4. The molecule has 1 fully saturated rings. The van der Waals surface area contributed by atoms with Gasteiger partial charge in [-0.15, -0.1) is 0 Å². The number of fused-ring (bicyclic) bond motifs is 1. The molecule has 3 aromatic heterocycles. The van der Waals surface area contributed by atoms with E-state index in [0.717, 1.165) is 5.39 Å². The minimum atomic E-state index is -0.836. The second kappa shape index (κ2) is 8.84. The molecule has 1 aliphatic rings. The highest BCUT2D eigenvalue weighted by Crippen LogP contribution is 2.22. The normalized spacial score (nSPS) is 14.7. The second-order valence-electron chi connectivity index (χ2n) is 7.47. The Balaban J connectivity index is 1.56. The molecule has 0 unspecified atom stereocenters. The molecule has 0 saturated carbocycles. The van der Waals surface area contributed by atoms with E-state index in [1.165, 1.54) is 6.20 Å². The first kappa shape index (κ1) is 21.0. The van der Waals surface area contributed by atoms with Gasteiger partial charge in [0.25, 0.3) is 5.91 Å². The van der Waals surface area contributed by atoms with Gasteiger partial charge in [0.1, 0.15) is 5.65 Å². The van der Waals surface area contributed by atoms with Gasteiger partial charge in [0.15, 0.2) is 0 Å². The highest BCUT2D eigenvalue weighted by atomic mass is 32.2. The molecule has 31 heavy (non-hydrogen) atoms. The summed E-state index contributed by atoms with van der Waals surface area (Å²) >= 11 is 0. The lowest BCUT2D eigenvalue weighted by atomic mass is 10.2. The molecule has 4 rings (SSSR count). The van der Waals surface area contributed by atoms with Crippen molar-refractivity contribution in [1.29, 1.82) is 0 Å². The van der Waals surface area contributed by atoms with Gasteiger partial charge in [0, 0.05) is 53.2 Å². The number of nitrogens with one attached hydrogen (secondary N) is 1. The zero-order valence-corrected chi connectivity index (χ0v) is 18.1. The minimum absolute atomic E-state index is 0.102. The third-order valence-corrected chi connectivity index (χ3v) is 6.11. The lowest BCUT2D eigenvalue weighted by Gasteiger charge is -2.26. The van der Waals surface area contributed by atoms with E-state index in [4.69, 9.17) is 4.74 Å². The topological polar surface area (TPSA) is 106 Å². The number of carbonyl (C=O) groups excluding carboxylic acids is 2. The van der Waals surface area contributed by atoms with E-state index in [-0.39, 0.29) is 12.0 Å². The summed E-state index contributed by atoms with van der Waals surface area (Å²) in [6, 6.07) is 5.45. The van der Waals surface area contributed by atoms with E-state index < -0.39 is 16.9 Å². The smallest absolute Gasteiger partial charge is 0.411 e. The molecule has 162 valence electrons. The molecule has 1 N–H and O–H groups in total. The predicted molar refractivity (Wildman–Crippen MR) is 118 cm³/mol. The molecule has 4 heterocycles. The fraction of sp³-hybridized carbons (Fsp3) is 0.333. The van der Waals surface area contributed by atoms with Crippen LogP contribution in [0.15, 0.2) is 43.0 Å². The van der Waals surface area contributed by atoms with Gasteiger partial charge in [-0.3, -0.25) is 23.9 Å². The molecule has 10 heteroatoms. The molecule has 0 radical (unpaired) electrons. The van der Waals surface area contributed by atoms with Crippen molar-refractivity contribution in [3.8, 4) is 5.69 Å². The number of ether oxygens (including phenoxy) is 1. The predicted octanol–water partition coefficient (Wildman–Crippen LogP) is 2.58. The van der Waals surface area contributed by atoms with E-state index in [2.05, 4.69) is 15.3 Å². The largest absolute Gasteiger partial charge is 0.447 e. The number of carbonyl (C=O) groups is 2. The molecule has 0 aliphatic carbocycles. The zero-order chi connectivity index (χ0) is 22.0. The Bertz CT molecular complexity index is 1150. The van der Waals surface area contributed by atoms with E-state index in [1.54, 1.807) is 37.2 Å². The van der Waals surface area contributed by atoms with Crippen LogP contribution in [0.2, 0.25) is 0 Å². The molecule has 0 spiro atoms. The van der Waals surface area contributed by atoms with Gasteiger partial charge in [-0.25, -0.2) is 9.78 Å². The second-order valence-corrected chi connectivity index (χ2v) is 9.17. The van der Waals surface area contributed by atoms with Crippen molar-refractivity contribution in [2.45, 2.75) is 20.0 Å². The average Bonchev–Trinajstić information content (AvgIpc) is 3.16. The lowest BCUT2D eigenvalue weighted by Crippen LogP contribution is -2.41. The molecule has 1 aliphatic heterocycles. The maximum Gasteiger partial charge on any atom is 0.411 e. The molecule has 9 nitrogen and oxygen atoms in total. The van der Waals surface area contributed by atoms with Gasteiger partial charge in [-0.2, -0.15) is 0 Å². The van der Waals surface area contributed by atoms with Crippen molar-refractivity contribution in [1.82, 2.24) is 19.4 Å². The van der Waals surface area contributed by atoms with Crippen LogP contribution in [0.3, 0.4) is 0 Å². The van der Waals surface area contributed by atoms with Crippen LogP contribution < -0.4 is 5.32 Å². The standard InChI is InChI=1S/C21H23N5O4S/c1-14(2)30-21(28)24-17-10-18(13-22-12-17)26-4-3-15-9-16(11-23-19(15)26)20(27)25-5-7-31(29)8-6-25/h3-4,9-14H,5-8H2,1-2H3,(H,24,28). The zero-order valence-electron chi connectivity index (χ0n) is 17.3. The highest BCUT2D eigenvalue weighted by molar-refractivity contribution is 7.85. The van der Waals surface area contributed by atoms with Crippen LogP contribution in [0.5, 0.6) is 0 Å². The van der Waals surface area contributed by atoms with E-state index in [1.807, 2.05) is 22.9 Å². The Morgan fingerprint density at radius 2 is 1.94 bits per heavy atom. The molecule has 2 amide bonds. The van der Waals surface area contributed by atoms with Crippen molar-refractivity contribution in [2.75, 3.05) is 29.9 Å². The lowest BCUT2D eigenvalue weighted by molar-refractivity contribution is 0.0771. The van der Waals surface area contributed by atoms with Crippen molar-refractivity contribution in [3.05, 3.63) is 48.5 Å². The van der Waals surface area contributed by atoms with Crippen molar-refractivity contribution in [3.63, 3.8) is 0 Å². The van der Waals surface area contributed by atoms with Crippen LogP contribution in [-0.2, 0) is 15.5 Å². The molecule has 3 aromatic rings. The number of rotatable bonds is 4. The third kappa shape index (κ3) is 4.74. The molecule has 0 bridgehead atoms. The fourth-order valence-corrected chi connectivity index (χ4v) is 4.41. The van der Waals surface area contributed by atoms with Crippen LogP contribution in [0.25, 0.3) is 16.7 Å². The van der Waals surface area contributed by atoms with Crippen molar-refractivity contribution >= 4 is 39.5 Å². The van der Waals surface area contributed by atoms with E-state index in [0.29, 0.717) is 47.2 Å². The number of anilines is 1. The SMILES string of the molecule is CC(C)OC(=O)Nc1cncc(-n2ccc3cc(C(=O)N4CCS(=O)CC4)cnc32)c1. The number of amides is 2. The number of nitrogens with zero attached hydrogens (tertiary/aromatic N) is 4. The third-order valence-electron chi connectivity index (χ3n) is 4.83. The highest BCUT2D eigenvalue weighted by Gasteiger charge is 2.22. The van der Waals surface area contributed by atoms with Crippen molar-refractivity contribution in [2.24, 2.45) is 0 Å². The van der Waals surface area contributed by atoms with Crippen LogP contribution in [-0.4, -0.2) is 66.3 Å². The van der Waals surface area contributed by atoms with Gasteiger partial charge >= 0.3 is 6.09 Å². The Morgan fingerprint density at radius 3 is 2.68 bits per heavy atom. The Hall–Kier alpha value is -3.27. The van der Waals surface area contributed by atoms with Crippen LogP contribution in [0, 0.1) is 0 Å². The number of hydrogen-bond acceptors (Lipinski definition) is 6. The summed E-state index contributed by atoms with van der Waals surface area (Å²) < 4.78 is 18.5.